The molecule has 9 nitrogen and oxygen atoms in total. The van der Waals surface area contributed by atoms with Gasteiger partial charge in [-0.05, 0) is 18.6 Å². The van der Waals surface area contributed by atoms with Gasteiger partial charge >= 0.3 is 0 Å². The second kappa shape index (κ2) is 5.91. The maximum absolute atomic E-state index is 13.3. The minimum atomic E-state index is -1.87. The van der Waals surface area contributed by atoms with Crippen molar-refractivity contribution in [3.05, 3.63) is 46.2 Å². The second-order valence-electron chi connectivity index (χ2n) is 7.84. The molecule has 7 N–H and O–H groups in total. The van der Waals surface area contributed by atoms with E-state index in [0.717, 1.165) is 0 Å². The normalized spacial score (nSPS) is 33.9. The summed E-state index contributed by atoms with van der Waals surface area (Å²) in [5.74, 6) is -8.67. The molecule has 0 heterocycles. The van der Waals surface area contributed by atoms with E-state index >= 15 is 0 Å². The molecule has 0 aromatic heterocycles. The Hall–Kier alpha value is -3.17. The van der Waals surface area contributed by atoms with E-state index in [1.807, 2.05) is 0 Å². The molecule has 0 aliphatic heterocycles. The van der Waals surface area contributed by atoms with Crippen LogP contribution < -0.4 is 5.73 Å². The highest BCUT2D eigenvalue weighted by atomic mass is 16.3. The third kappa shape index (κ3) is 2.31. The zero-order valence-electron chi connectivity index (χ0n) is 15.3. The van der Waals surface area contributed by atoms with Crippen molar-refractivity contribution in [3.63, 3.8) is 0 Å². The number of primary amides is 1. The molecule has 1 aromatic carbocycles. The highest BCUT2D eigenvalue weighted by Gasteiger charge is 2.60. The highest BCUT2D eigenvalue weighted by Crippen LogP contribution is 2.55. The maximum Gasteiger partial charge on any atom is 0.255 e. The topological polar surface area (TPSA) is 178 Å². The quantitative estimate of drug-likeness (QED) is 0.354. The van der Waals surface area contributed by atoms with Crippen LogP contribution >= 0.6 is 0 Å². The fourth-order valence-corrected chi connectivity index (χ4v) is 4.96. The molecular weight excluding hydrogens is 382 g/mol. The van der Waals surface area contributed by atoms with Crippen molar-refractivity contribution in [2.45, 2.75) is 25.0 Å². The summed E-state index contributed by atoms with van der Waals surface area (Å²) >= 11 is 0. The van der Waals surface area contributed by atoms with Gasteiger partial charge in [-0.3, -0.25) is 14.4 Å². The zero-order valence-corrected chi connectivity index (χ0v) is 15.3. The van der Waals surface area contributed by atoms with Crippen LogP contribution in [0.4, 0.5) is 0 Å². The Morgan fingerprint density at radius 3 is 2.48 bits per heavy atom. The first kappa shape index (κ1) is 19.2. The molecule has 0 radical (unpaired) electrons. The summed E-state index contributed by atoms with van der Waals surface area (Å²) in [6.45, 7) is 1.33. The first-order valence-electron chi connectivity index (χ1n) is 8.96. The number of carbonyl (C=O) groups is 3. The molecule has 0 saturated heterocycles. The predicted molar refractivity (Wildman–Crippen MR) is 97.2 cm³/mol. The van der Waals surface area contributed by atoms with E-state index in [9.17, 15) is 39.9 Å². The number of allylic oxidation sites excluding steroid dienone is 1. The van der Waals surface area contributed by atoms with E-state index < -0.39 is 70.4 Å². The Bertz CT molecular complexity index is 1050. The van der Waals surface area contributed by atoms with Crippen LogP contribution in [0.1, 0.15) is 24.5 Å². The molecule has 1 saturated carbocycles. The molecule has 9 heteroatoms. The fourth-order valence-electron chi connectivity index (χ4n) is 4.96. The van der Waals surface area contributed by atoms with Gasteiger partial charge in [0.05, 0.1) is 29.1 Å². The van der Waals surface area contributed by atoms with Crippen molar-refractivity contribution in [2.75, 3.05) is 0 Å². The van der Waals surface area contributed by atoms with Crippen LogP contribution in [-0.2, 0) is 20.0 Å². The van der Waals surface area contributed by atoms with E-state index in [1.54, 1.807) is 0 Å². The minimum absolute atomic E-state index is 0.105. The smallest absolute Gasteiger partial charge is 0.255 e. The monoisotopic (exact) mass is 401 g/mol. The lowest BCUT2D eigenvalue weighted by atomic mass is 9.56. The highest BCUT2D eigenvalue weighted by molar-refractivity contribution is 6.21. The number of aliphatic hydroxyl groups excluding tert-OH is 3. The molecule has 5 atom stereocenters. The number of nitrogens with two attached hydrogens (primary N) is 1. The Morgan fingerprint density at radius 2 is 1.86 bits per heavy atom. The van der Waals surface area contributed by atoms with Gasteiger partial charge in [-0.25, -0.2) is 0 Å². The molecule has 0 bridgehead atoms. The lowest BCUT2D eigenvalue weighted by molar-refractivity contribution is -0.143. The van der Waals surface area contributed by atoms with Crippen molar-refractivity contribution in [2.24, 2.45) is 23.5 Å². The van der Waals surface area contributed by atoms with Gasteiger partial charge in [0.15, 0.2) is 11.6 Å². The number of hydrogen-bond donors (Lipinski definition) is 6. The summed E-state index contributed by atoms with van der Waals surface area (Å²) in [5.41, 5.74) is 2.12. The number of amides is 1. The number of benzene rings is 1. The number of aliphatic hydroxyl groups is 4. The molecule has 1 unspecified atom stereocenters. The van der Waals surface area contributed by atoms with Crippen molar-refractivity contribution in [1.29, 1.82) is 0 Å². The Morgan fingerprint density at radius 1 is 1.21 bits per heavy atom. The van der Waals surface area contributed by atoms with Gasteiger partial charge in [0.25, 0.3) is 5.91 Å². The largest absolute Gasteiger partial charge is 0.511 e. The molecule has 3 aliphatic rings. The number of phenols is 1. The number of fused-ring (bicyclic) bond motifs is 3. The molecular formula is C20H19NO8. The lowest BCUT2D eigenvalue weighted by Crippen LogP contribution is -2.57. The number of carbonyl (C=O) groups excluding carboxylic acids is 3. The molecule has 29 heavy (non-hydrogen) atoms. The molecule has 4 rings (SSSR count). The molecule has 1 fully saturated rings. The number of aromatic hydroxyl groups is 1. The molecule has 3 aliphatic carbocycles. The Balaban J connectivity index is 2.00. The number of phenolic OH excluding ortho intramolecular Hbond substituents is 1. The van der Waals surface area contributed by atoms with Gasteiger partial charge in [-0.2, -0.15) is 0 Å². The number of hydrogen-bond acceptors (Lipinski definition) is 8. The van der Waals surface area contributed by atoms with Gasteiger partial charge < -0.3 is 31.3 Å². The van der Waals surface area contributed by atoms with Crippen LogP contribution in [0.15, 0.2) is 35.1 Å². The standard InChI is InChI=1S/C20H19NO8/c1-20(29)7-3-2-4-8(22)11(7)18(27)13-14(20)15(24)6-5-9(23)12(19(21)28)16(25)10(6)17(13)26/h2-4,6,10,14-15,22,24-25,27,29H,5H2,1H3,(H2,21,28)/t6-,10?,14+,15+,20+/m0/s1. The summed E-state index contributed by atoms with van der Waals surface area (Å²) in [5, 5.41) is 53.6. The van der Waals surface area contributed by atoms with Crippen molar-refractivity contribution < 1.29 is 39.9 Å². The molecule has 0 spiro atoms. The van der Waals surface area contributed by atoms with Crippen molar-refractivity contribution >= 4 is 23.2 Å². The fraction of sp³-hybridized carbons (Fsp3) is 0.350. The molecule has 152 valence electrons. The first-order chi connectivity index (χ1) is 13.5. The van der Waals surface area contributed by atoms with Crippen molar-refractivity contribution in [1.82, 2.24) is 0 Å². The maximum atomic E-state index is 13.3. The van der Waals surface area contributed by atoms with Crippen LogP contribution in [0, 0.1) is 17.8 Å². The summed E-state index contributed by atoms with van der Waals surface area (Å²) in [7, 11) is 0. The average molecular weight is 401 g/mol. The van der Waals surface area contributed by atoms with Gasteiger partial charge in [-0.15, -0.1) is 0 Å². The molecule has 1 amide bonds. The van der Waals surface area contributed by atoms with E-state index in [4.69, 9.17) is 5.73 Å². The number of ketones is 2. The Labute approximate surface area is 164 Å². The zero-order chi connectivity index (χ0) is 21.4. The van der Waals surface area contributed by atoms with Gasteiger partial charge in [0, 0.05) is 17.9 Å². The first-order valence-corrected chi connectivity index (χ1v) is 8.96. The summed E-state index contributed by atoms with van der Waals surface area (Å²) in [6.07, 6.45) is -1.95. The predicted octanol–water partition coefficient (Wildman–Crippen LogP) is -0.0552. The summed E-state index contributed by atoms with van der Waals surface area (Å²) in [6, 6.07) is 4.15. The Kier molecular flexibility index (Phi) is 3.91. The summed E-state index contributed by atoms with van der Waals surface area (Å²) in [4.78, 5) is 37.1. The van der Waals surface area contributed by atoms with E-state index in [1.165, 1.54) is 25.1 Å². The van der Waals surface area contributed by atoms with Gasteiger partial charge in [-0.1, -0.05) is 12.1 Å². The van der Waals surface area contributed by atoms with Gasteiger partial charge in [0.1, 0.15) is 22.8 Å². The van der Waals surface area contributed by atoms with Crippen LogP contribution in [0.25, 0.3) is 5.76 Å². The van der Waals surface area contributed by atoms with Gasteiger partial charge in [0.2, 0.25) is 0 Å². The molecule has 1 aromatic rings. The summed E-state index contributed by atoms with van der Waals surface area (Å²) < 4.78 is 0. The van der Waals surface area contributed by atoms with E-state index in [0.29, 0.717) is 0 Å². The average Bonchev–Trinajstić information content (AvgIpc) is 2.61. The third-order valence-electron chi connectivity index (χ3n) is 6.25. The van der Waals surface area contributed by atoms with Crippen LogP contribution in [0.2, 0.25) is 0 Å². The second-order valence-corrected chi connectivity index (χ2v) is 7.84. The van der Waals surface area contributed by atoms with E-state index in [-0.39, 0.29) is 22.4 Å². The van der Waals surface area contributed by atoms with Crippen LogP contribution in [0.5, 0.6) is 5.75 Å². The lowest BCUT2D eigenvalue weighted by Gasteiger charge is -2.49. The van der Waals surface area contributed by atoms with E-state index in [2.05, 4.69) is 0 Å². The number of Topliss-reactive ketones (excluding diaryl/α,β-unsaturated/α-hetero) is 2. The third-order valence-corrected chi connectivity index (χ3v) is 6.25. The minimum Gasteiger partial charge on any atom is -0.511 e. The van der Waals surface area contributed by atoms with Crippen LogP contribution in [-0.4, -0.2) is 49.1 Å². The SMILES string of the molecule is C[C@@]1(O)c2cccc(O)c2C(O)=C2C(=O)C3C(O)=C(C(N)=O)C(=O)C[C@@H]3[C@@H](O)[C@@H]21. The van der Waals surface area contributed by atoms with Crippen LogP contribution in [0.3, 0.4) is 0 Å². The number of rotatable bonds is 1. The van der Waals surface area contributed by atoms with Crippen molar-refractivity contribution in [3.8, 4) is 5.75 Å².